The first-order valence-corrected chi connectivity index (χ1v) is 4.93. The van der Waals surface area contributed by atoms with Crippen LogP contribution >= 0.6 is 34.2 Å². The van der Waals surface area contributed by atoms with Crippen molar-refractivity contribution < 1.29 is 8.78 Å². The topological polar surface area (TPSA) is 32.9 Å². The Morgan fingerprint density at radius 1 is 1.62 bits per heavy atom. The van der Waals surface area contributed by atoms with E-state index >= 15 is 0 Å². The minimum Gasteiger partial charge on any atom is -0.356 e. The van der Waals surface area contributed by atoms with E-state index in [0.717, 1.165) is 0 Å². The van der Waals surface area contributed by atoms with Crippen molar-refractivity contribution in [1.29, 1.82) is 0 Å². The highest BCUT2D eigenvalue weighted by Gasteiger charge is 2.15. The smallest absolute Gasteiger partial charge is 0.279 e. The van der Waals surface area contributed by atoms with E-state index in [-0.39, 0.29) is 15.1 Å². The fraction of sp³-hybridized carbons (Fsp3) is 0.286. The van der Waals surface area contributed by atoms with Gasteiger partial charge in [-0.05, 0) is 22.6 Å². The molecule has 0 bridgehead atoms. The van der Waals surface area contributed by atoms with Gasteiger partial charge in [0.15, 0.2) is 5.43 Å². The van der Waals surface area contributed by atoms with Crippen molar-refractivity contribution in [2.75, 3.05) is 0 Å². The lowest BCUT2D eigenvalue weighted by atomic mass is 10.3. The van der Waals surface area contributed by atoms with Crippen LogP contribution in [-0.4, -0.2) is 4.98 Å². The second-order valence-electron chi connectivity index (χ2n) is 2.32. The van der Waals surface area contributed by atoms with E-state index in [1.807, 2.05) is 0 Å². The average molecular weight is 319 g/mol. The van der Waals surface area contributed by atoms with Gasteiger partial charge in [-0.15, -0.1) is 11.6 Å². The zero-order valence-electron chi connectivity index (χ0n) is 6.28. The molecule has 0 aliphatic heterocycles. The van der Waals surface area contributed by atoms with Crippen LogP contribution in [-0.2, 0) is 5.88 Å². The maximum atomic E-state index is 12.3. The number of H-pyrrole nitrogens is 1. The predicted octanol–water partition coefficient (Wildman–Crippen LogP) is 2.66. The summed E-state index contributed by atoms with van der Waals surface area (Å²) in [5.41, 5.74) is -0.476. The van der Waals surface area contributed by atoms with Crippen molar-refractivity contribution in [3.8, 4) is 0 Å². The van der Waals surface area contributed by atoms with E-state index in [1.165, 1.54) is 6.07 Å². The van der Waals surface area contributed by atoms with Crippen LogP contribution in [0.2, 0.25) is 0 Å². The van der Waals surface area contributed by atoms with Gasteiger partial charge < -0.3 is 4.98 Å². The summed E-state index contributed by atoms with van der Waals surface area (Å²) in [6.45, 7) is 0. The lowest BCUT2D eigenvalue weighted by molar-refractivity contribution is 0.144. The summed E-state index contributed by atoms with van der Waals surface area (Å²) >= 11 is 7.00. The summed E-state index contributed by atoms with van der Waals surface area (Å²) in [6.07, 6.45) is -2.68. The SMILES string of the molecule is O=c1cc(CCl)[nH]c(C(F)F)c1I. The number of rotatable bonds is 2. The third kappa shape index (κ3) is 2.40. The highest BCUT2D eigenvalue weighted by molar-refractivity contribution is 14.1. The van der Waals surface area contributed by atoms with Gasteiger partial charge in [0.25, 0.3) is 6.43 Å². The fourth-order valence-corrected chi connectivity index (χ4v) is 1.51. The van der Waals surface area contributed by atoms with E-state index in [1.54, 1.807) is 22.6 Å². The Morgan fingerprint density at radius 2 is 2.23 bits per heavy atom. The highest BCUT2D eigenvalue weighted by Crippen LogP contribution is 2.20. The molecule has 0 saturated heterocycles. The third-order valence-corrected chi connectivity index (χ3v) is 2.82. The van der Waals surface area contributed by atoms with Crippen molar-refractivity contribution in [1.82, 2.24) is 4.98 Å². The fourth-order valence-electron chi connectivity index (χ4n) is 0.841. The Kier molecular flexibility index (Phi) is 3.66. The van der Waals surface area contributed by atoms with Gasteiger partial charge in [-0.2, -0.15) is 0 Å². The number of aromatic amines is 1. The monoisotopic (exact) mass is 319 g/mol. The number of hydrogen-bond donors (Lipinski definition) is 1. The molecule has 13 heavy (non-hydrogen) atoms. The number of pyridine rings is 1. The Hall–Kier alpha value is -0.170. The average Bonchev–Trinajstić information content (AvgIpc) is 2.09. The second-order valence-corrected chi connectivity index (χ2v) is 3.67. The van der Waals surface area contributed by atoms with Crippen molar-refractivity contribution in [3.05, 3.63) is 31.2 Å². The molecule has 1 rings (SSSR count). The molecular weight excluding hydrogens is 314 g/mol. The summed E-state index contributed by atoms with van der Waals surface area (Å²) in [5.74, 6) is 0.0197. The molecule has 0 atom stereocenters. The minimum absolute atomic E-state index is 0.0152. The minimum atomic E-state index is -2.68. The third-order valence-electron chi connectivity index (χ3n) is 1.42. The molecule has 1 aromatic heterocycles. The number of alkyl halides is 3. The van der Waals surface area contributed by atoms with E-state index < -0.39 is 11.9 Å². The maximum Gasteiger partial charge on any atom is 0.279 e. The standard InChI is InChI=1S/C7H5ClF2INO/c8-2-3-1-4(13)5(11)6(12-3)7(9)10/h1,7H,2H2,(H,12,13). The van der Waals surface area contributed by atoms with E-state index in [9.17, 15) is 13.6 Å². The number of halogens is 4. The van der Waals surface area contributed by atoms with E-state index in [2.05, 4.69) is 4.98 Å². The molecule has 0 fully saturated rings. The molecule has 0 amide bonds. The van der Waals surface area contributed by atoms with Crippen molar-refractivity contribution in [2.45, 2.75) is 12.3 Å². The second kappa shape index (κ2) is 4.36. The van der Waals surface area contributed by atoms with Crippen molar-refractivity contribution in [3.63, 3.8) is 0 Å². The van der Waals surface area contributed by atoms with Gasteiger partial charge in [0.1, 0.15) is 0 Å². The van der Waals surface area contributed by atoms with Gasteiger partial charge in [0.05, 0.1) is 15.1 Å². The summed E-state index contributed by atoms with van der Waals surface area (Å²) in [7, 11) is 0. The normalized spacial score (nSPS) is 10.8. The van der Waals surface area contributed by atoms with Crippen LogP contribution < -0.4 is 5.43 Å². The molecule has 2 nitrogen and oxygen atoms in total. The summed E-state index contributed by atoms with van der Waals surface area (Å²) in [5, 5.41) is 0. The molecule has 0 saturated carbocycles. The van der Waals surface area contributed by atoms with E-state index in [0.29, 0.717) is 5.69 Å². The van der Waals surface area contributed by atoms with Gasteiger partial charge >= 0.3 is 0 Å². The number of nitrogens with one attached hydrogen (secondary N) is 1. The van der Waals surface area contributed by atoms with Gasteiger partial charge in [-0.1, -0.05) is 0 Å². The van der Waals surface area contributed by atoms with Gasteiger partial charge in [0, 0.05) is 11.8 Å². The van der Waals surface area contributed by atoms with Crippen LogP contribution in [0.3, 0.4) is 0 Å². The lowest BCUT2D eigenvalue weighted by Gasteiger charge is -2.04. The molecule has 0 aromatic carbocycles. The molecule has 1 aromatic rings. The van der Waals surface area contributed by atoms with Crippen LogP contribution in [0.15, 0.2) is 10.9 Å². The van der Waals surface area contributed by atoms with Crippen LogP contribution in [0, 0.1) is 3.57 Å². The molecular formula is C7H5ClF2INO. The Morgan fingerprint density at radius 3 is 2.69 bits per heavy atom. The molecule has 72 valence electrons. The van der Waals surface area contributed by atoms with Gasteiger partial charge in [0.2, 0.25) is 0 Å². The Labute approximate surface area is 91.4 Å². The van der Waals surface area contributed by atoms with Crippen molar-refractivity contribution >= 4 is 34.2 Å². The molecule has 0 aliphatic rings. The zero-order chi connectivity index (χ0) is 10.0. The predicted molar refractivity (Wildman–Crippen MR) is 54.3 cm³/mol. The first-order valence-electron chi connectivity index (χ1n) is 3.32. The molecule has 0 unspecified atom stereocenters. The van der Waals surface area contributed by atoms with Crippen LogP contribution in [0.1, 0.15) is 17.8 Å². The molecule has 0 radical (unpaired) electrons. The van der Waals surface area contributed by atoms with Gasteiger partial charge in [-0.3, -0.25) is 4.79 Å². The Balaban J connectivity index is 3.33. The van der Waals surface area contributed by atoms with Crippen LogP contribution in [0.25, 0.3) is 0 Å². The lowest BCUT2D eigenvalue weighted by Crippen LogP contribution is -2.12. The first-order chi connectivity index (χ1) is 6.06. The number of hydrogen-bond acceptors (Lipinski definition) is 1. The maximum absolute atomic E-state index is 12.3. The van der Waals surface area contributed by atoms with Crippen LogP contribution in [0.4, 0.5) is 8.78 Å². The summed E-state index contributed by atoms with van der Waals surface area (Å²) in [4.78, 5) is 13.5. The Bertz CT molecular complexity index is 366. The highest BCUT2D eigenvalue weighted by atomic mass is 127. The van der Waals surface area contributed by atoms with E-state index in [4.69, 9.17) is 11.6 Å². The van der Waals surface area contributed by atoms with Crippen LogP contribution in [0.5, 0.6) is 0 Å². The van der Waals surface area contributed by atoms with Gasteiger partial charge in [-0.25, -0.2) is 8.78 Å². The zero-order valence-corrected chi connectivity index (χ0v) is 9.20. The molecule has 1 N–H and O–H groups in total. The molecule has 0 aliphatic carbocycles. The molecule has 1 heterocycles. The summed E-state index contributed by atoms with van der Waals surface area (Å²) < 4.78 is 24.6. The first kappa shape index (κ1) is 10.9. The number of aromatic nitrogens is 1. The quantitative estimate of drug-likeness (QED) is 0.660. The largest absolute Gasteiger partial charge is 0.356 e. The van der Waals surface area contributed by atoms with Crippen molar-refractivity contribution in [2.24, 2.45) is 0 Å². The molecule has 0 spiro atoms. The summed E-state index contributed by atoms with van der Waals surface area (Å²) in [6, 6.07) is 1.22. The molecule has 6 heteroatoms.